The van der Waals surface area contributed by atoms with Gasteiger partial charge in [-0.2, -0.15) is 10.2 Å². The summed E-state index contributed by atoms with van der Waals surface area (Å²) in [5.74, 6) is -0.351. The lowest BCUT2D eigenvalue weighted by Gasteiger charge is -2.35. The van der Waals surface area contributed by atoms with Crippen molar-refractivity contribution in [2.45, 2.75) is 46.2 Å². The Balaban J connectivity index is 1.64. The molecule has 0 saturated carbocycles. The van der Waals surface area contributed by atoms with Crippen molar-refractivity contribution in [2.24, 2.45) is 0 Å². The highest BCUT2D eigenvalue weighted by atomic mass is 79.9. The summed E-state index contributed by atoms with van der Waals surface area (Å²) in [5.41, 5.74) is 0.208. The molecule has 1 saturated heterocycles. The molecule has 0 aromatic carbocycles. The Kier molecular flexibility index (Phi) is 7.45. The van der Waals surface area contributed by atoms with Gasteiger partial charge >= 0.3 is 6.09 Å². The molecule has 180 valence electrons. The van der Waals surface area contributed by atoms with E-state index in [4.69, 9.17) is 4.74 Å². The topological polar surface area (TPSA) is 115 Å². The lowest BCUT2D eigenvalue weighted by Crippen LogP contribution is -2.52. The third-order valence-corrected chi connectivity index (χ3v) is 6.13. The quantitative estimate of drug-likeness (QED) is 0.621. The number of hydrogen-bond acceptors (Lipinski definition) is 6. The Morgan fingerprint density at radius 2 is 1.82 bits per heavy atom. The van der Waals surface area contributed by atoms with Crippen LogP contribution in [0.1, 0.15) is 39.4 Å². The molecule has 0 aliphatic carbocycles. The summed E-state index contributed by atoms with van der Waals surface area (Å²) in [4.78, 5) is 41.1. The fourth-order valence-corrected chi connectivity index (χ4v) is 3.78. The number of carbonyl (C=O) groups is 3. The lowest BCUT2D eigenvalue weighted by atomic mass is 10.1. The summed E-state index contributed by atoms with van der Waals surface area (Å²) < 4.78 is 8.94. The van der Waals surface area contributed by atoms with Crippen LogP contribution >= 0.6 is 15.9 Å². The summed E-state index contributed by atoms with van der Waals surface area (Å²) in [6.07, 6.45) is 4.67. The van der Waals surface area contributed by atoms with Crippen molar-refractivity contribution in [2.75, 3.05) is 38.1 Å². The van der Waals surface area contributed by atoms with Gasteiger partial charge in [-0.1, -0.05) is 0 Å². The molecule has 1 aliphatic rings. The van der Waals surface area contributed by atoms with Gasteiger partial charge in [0.2, 0.25) is 5.91 Å². The predicted molar refractivity (Wildman–Crippen MR) is 125 cm³/mol. The van der Waals surface area contributed by atoms with Crippen LogP contribution in [0.5, 0.6) is 0 Å². The van der Waals surface area contributed by atoms with Gasteiger partial charge in [-0.15, -0.1) is 0 Å². The molecule has 2 aromatic heterocycles. The second-order valence-electron chi connectivity index (χ2n) is 8.41. The number of hydrogen-bond donors (Lipinski definition) is 1. The molecule has 1 aliphatic heterocycles. The van der Waals surface area contributed by atoms with Crippen molar-refractivity contribution in [3.63, 3.8) is 0 Å². The minimum atomic E-state index is -0.930. The molecule has 33 heavy (non-hydrogen) atoms. The Bertz CT molecular complexity index is 1020. The van der Waals surface area contributed by atoms with Gasteiger partial charge in [0.1, 0.15) is 11.6 Å². The molecule has 1 fully saturated rings. The number of nitrogens with one attached hydrogen (secondary N) is 1. The van der Waals surface area contributed by atoms with Gasteiger partial charge in [0.05, 0.1) is 28.7 Å². The molecule has 1 unspecified atom stereocenters. The van der Waals surface area contributed by atoms with E-state index in [2.05, 4.69) is 31.4 Å². The van der Waals surface area contributed by atoms with Crippen LogP contribution in [0.4, 0.5) is 10.5 Å². The molecule has 0 spiro atoms. The maximum atomic E-state index is 13.0. The van der Waals surface area contributed by atoms with Crippen molar-refractivity contribution in [3.05, 3.63) is 28.8 Å². The Morgan fingerprint density at radius 3 is 2.39 bits per heavy atom. The summed E-state index contributed by atoms with van der Waals surface area (Å²) >= 11 is 3.35. The van der Waals surface area contributed by atoms with E-state index in [9.17, 15) is 14.4 Å². The monoisotopic (exact) mass is 523 g/mol. The first-order valence-electron chi connectivity index (χ1n) is 10.8. The smallest absolute Gasteiger partial charge is 0.409 e. The van der Waals surface area contributed by atoms with E-state index >= 15 is 0 Å². The SMILES string of the molecule is CCOC(=O)N1CCN(C(=O)C(C)n2cc(NC(=O)C(C)(C)n3cc(Br)cn3)c(C)n2)CC1. The van der Waals surface area contributed by atoms with Gasteiger partial charge in [-0.25, -0.2) is 4.79 Å². The third kappa shape index (κ3) is 5.37. The zero-order chi connectivity index (χ0) is 24.3. The van der Waals surface area contributed by atoms with Gasteiger partial charge in [-0.05, 0) is 50.5 Å². The van der Waals surface area contributed by atoms with Crippen LogP contribution in [0, 0.1) is 6.92 Å². The summed E-state index contributed by atoms with van der Waals surface area (Å²) in [6, 6.07) is -0.557. The highest BCUT2D eigenvalue weighted by molar-refractivity contribution is 9.10. The molecule has 3 heterocycles. The number of piperazine rings is 1. The fourth-order valence-electron chi connectivity index (χ4n) is 3.49. The second kappa shape index (κ2) is 9.94. The number of halogens is 1. The molecule has 12 heteroatoms. The van der Waals surface area contributed by atoms with Gasteiger partial charge in [-0.3, -0.25) is 19.0 Å². The van der Waals surface area contributed by atoms with Crippen LogP contribution in [0.15, 0.2) is 23.1 Å². The molecular formula is C21H30BrN7O4. The van der Waals surface area contributed by atoms with Crippen LogP contribution < -0.4 is 5.32 Å². The normalized spacial score (nSPS) is 15.3. The van der Waals surface area contributed by atoms with E-state index in [1.54, 1.807) is 72.4 Å². The van der Waals surface area contributed by atoms with Crippen LogP contribution in [-0.4, -0.2) is 80.1 Å². The van der Waals surface area contributed by atoms with E-state index in [0.29, 0.717) is 44.2 Å². The Morgan fingerprint density at radius 1 is 1.18 bits per heavy atom. The number of amides is 3. The van der Waals surface area contributed by atoms with E-state index < -0.39 is 11.6 Å². The Labute approximate surface area is 201 Å². The zero-order valence-electron chi connectivity index (χ0n) is 19.5. The van der Waals surface area contributed by atoms with E-state index in [0.717, 1.165) is 4.47 Å². The maximum Gasteiger partial charge on any atom is 0.409 e. The number of aryl methyl sites for hydroxylation is 1. The highest BCUT2D eigenvalue weighted by Gasteiger charge is 2.32. The molecule has 1 atom stereocenters. The average molecular weight is 524 g/mol. The second-order valence-corrected chi connectivity index (χ2v) is 9.33. The van der Waals surface area contributed by atoms with E-state index in [1.807, 2.05) is 0 Å². The molecular weight excluding hydrogens is 494 g/mol. The third-order valence-electron chi connectivity index (χ3n) is 5.72. The van der Waals surface area contributed by atoms with Crippen LogP contribution in [0.3, 0.4) is 0 Å². The average Bonchev–Trinajstić information content (AvgIpc) is 3.39. The first kappa shape index (κ1) is 24.7. The number of rotatable bonds is 6. The van der Waals surface area contributed by atoms with Crippen molar-refractivity contribution < 1.29 is 19.1 Å². The minimum Gasteiger partial charge on any atom is -0.450 e. The van der Waals surface area contributed by atoms with Gasteiger partial charge in [0.15, 0.2) is 0 Å². The van der Waals surface area contributed by atoms with Crippen LogP contribution in [0.25, 0.3) is 0 Å². The standard InChI is InChI=1S/C21H30BrN7O4/c1-6-33-20(32)27-9-7-26(8-10-27)18(30)15(3)28-13-17(14(2)25-28)24-19(31)21(4,5)29-12-16(22)11-23-29/h11-13,15H,6-10H2,1-5H3,(H,24,31). The number of aromatic nitrogens is 4. The fraction of sp³-hybridized carbons (Fsp3) is 0.571. The van der Waals surface area contributed by atoms with Crippen LogP contribution in [-0.2, 0) is 19.9 Å². The summed E-state index contributed by atoms with van der Waals surface area (Å²) in [5, 5.41) is 11.6. The summed E-state index contributed by atoms with van der Waals surface area (Å²) in [7, 11) is 0. The minimum absolute atomic E-state index is 0.0967. The van der Waals surface area contributed by atoms with Gasteiger partial charge in [0, 0.05) is 38.6 Å². The maximum absolute atomic E-state index is 13.0. The van der Waals surface area contributed by atoms with Crippen LogP contribution in [0.2, 0.25) is 0 Å². The van der Waals surface area contributed by atoms with Gasteiger partial charge in [0.25, 0.3) is 5.91 Å². The number of anilines is 1. The van der Waals surface area contributed by atoms with Crippen molar-refractivity contribution in [1.29, 1.82) is 0 Å². The molecule has 0 radical (unpaired) electrons. The van der Waals surface area contributed by atoms with Crippen molar-refractivity contribution in [3.8, 4) is 0 Å². The van der Waals surface area contributed by atoms with Gasteiger partial charge < -0.3 is 19.9 Å². The molecule has 0 bridgehead atoms. The number of carbonyl (C=O) groups excluding carboxylic acids is 3. The highest BCUT2D eigenvalue weighted by Crippen LogP contribution is 2.23. The largest absolute Gasteiger partial charge is 0.450 e. The van der Waals surface area contributed by atoms with E-state index in [1.165, 1.54) is 0 Å². The number of nitrogens with zero attached hydrogens (tertiary/aromatic N) is 6. The van der Waals surface area contributed by atoms with Crippen molar-refractivity contribution in [1.82, 2.24) is 29.4 Å². The molecule has 3 amide bonds. The van der Waals surface area contributed by atoms with Crippen molar-refractivity contribution >= 4 is 39.5 Å². The lowest BCUT2D eigenvalue weighted by molar-refractivity contribution is -0.136. The molecule has 2 aromatic rings. The Hall–Kier alpha value is -2.89. The molecule has 11 nitrogen and oxygen atoms in total. The zero-order valence-corrected chi connectivity index (χ0v) is 21.1. The first-order valence-corrected chi connectivity index (χ1v) is 11.6. The number of ether oxygens (including phenoxy) is 1. The molecule has 3 rings (SSSR count). The van der Waals surface area contributed by atoms with E-state index in [-0.39, 0.29) is 17.9 Å². The molecule has 1 N–H and O–H groups in total. The first-order chi connectivity index (χ1) is 15.5. The predicted octanol–water partition coefficient (Wildman–Crippen LogP) is 2.39. The summed E-state index contributed by atoms with van der Waals surface area (Å²) in [6.45, 7) is 10.9.